The summed E-state index contributed by atoms with van der Waals surface area (Å²) >= 11 is 0. The Morgan fingerprint density at radius 2 is 2.00 bits per heavy atom. The molecule has 2 unspecified atom stereocenters. The minimum Gasteiger partial charge on any atom is -0.480 e. The Balaban J connectivity index is 2.61. The highest BCUT2D eigenvalue weighted by Crippen LogP contribution is 2.25. The maximum absolute atomic E-state index is 12.0. The lowest BCUT2D eigenvalue weighted by atomic mass is 9.89. The van der Waals surface area contributed by atoms with Crippen LogP contribution in [0.5, 0.6) is 0 Å². The molecule has 7 heteroatoms. The number of nitrogens with one attached hydrogen (secondary N) is 1. The van der Waals surface area contributed by atoms with Crippen LogP contribution in [0.1, 0.15) is 26.2 Å². The van der Waals surface area contributed by atoms with E-state index in [1.807, 2.05) is 6.92 Å². The fourth-order valence-corrected chi connectivity index (χ4v) is 2.30. The Morgan fingerprint density at radius 3 is 2.50 bits per heavy atom. The van der Waals surface area contributed by atoms with Gasteiger partial charge in [0.25, 0.3) is 0 Å². The lowest BCUT2D eigenvalue weighted by molar-refractivity contribution is -0.144. The van der Waals surface area contributed by atoms with Crippen molar-refractivity contribution in [2.24, 2.45) is 5.92 Å². The van der Waals surface area contributed by atoms with Crippen molar-refractivity contribution >= 4 is 17.9 Å². The first-order valence-corrected chi connectivity index (χ1v) is 6.84. The van der Waals surface area contributed by atoms with E-state index in [0.717, 1.165) is 12.8 Å². The summed E-state index contributed by atoms with van der Waals surface area (Å²) in [6.07, 6.45) is 2.19. The van der Waals surface area contributed by atoms with Gasteiger partial charge in [0.15, 0.2) is 0 Å². The number of likely N-dealkylation sites (N-methyl/N-ethyl adjacent to an activating group) is 1. The molecule has 7 nitrogen and oxygen atoms in total. The number of urea groups is 1. The van der Waals surface area contributed by atoms with Crippen LogP contribution in [0.3, 0.4) is 0 Å². The van der Waals surface area contributed by atoms with Gasteiger partial charge >= 0.3 is 12.0 Å². The van der Waals surface area contributed by atoms with Crippen LogP contribution in [0.4, 0.5) is 4.79 Å². The average molecular weight is 285 g/mol. The van der Waals surface area contributed by atoms with Crippen LogP contribution in [0, 0.1) is 5.92 Å². The SMILES string of the molecule is CCC1CCN(C(=O)NCC(=O)N(C)C)C(C(=O)O)C1. The normalized spacial score (nSPS) is 22.2. The minimum absolute atomic E-state index is 0.119. The van der Waals surface area contributed by atoms with Gasteiger partial charge in [-0.05, 0) is 18.8 Å². The van der Waals surface area contributed by atoms with Gasteiger partial charge in [-0.1, -0.05) is 13.3 Å². The zero-order chi connectivity index (χ0) is 15.3. The van der Waals surface area contributed by atoms with Crippen LogP contribution >= 0.6 is 0 Å². The topological polar surface area (TPSA) is 90.0 Å². The van der Waals surface area contributed by atoms with E-state index in [-0.39, 0.29) is 12.5 Å². The summed E-state index contributed by atoms with van der Waals surface area (Å²) in [6.45, 7) is 2.32. The summed E-state index contributed by atoms with van der Waals surface area (Å²) in [5, 5.41) is 11.7. The number of carboxylic acids is 1. The van der Waals surface area contributed by atoms with Gasteiger partial charge in [0.2, 0.25) is 5.91 Å². The number of nitrogens with zero attached hydrogens (tertiary/aromatic N) is 2. The summed E-state index contributed by atoms with van der Waals surface area (Å²) in [4.78, 5) is 37.4. The van der Waals surface area contributed by atoms with Crippen molar-refractivity contribution in [1.29, 1.82) is 0 Å². The van der Waals surface area contributed by atoms with E-state index < -0.39 is 18.0 Å². The van der Waals surface area contributed by atoms with Crippen LogP contribution in [-0.4, -0.2) is 66.0 Å². The molecule has 0 saturated carbocycles. The van der Waals surface area contributed by atoms with E-state index in [0.29, 0.717) is 18.9 Å². The molecule has 0 aromatic heterocycles. The quantitative estimate of drug-likeness (QED) is 0.780. The number of aliphatic carboxylic acids is 1. The van der Waals surface area contributed by atoms with Gasteiger partial charge in [0.05, 0.1) is 6.54 Å². The summed E-state index contributed by atoms with van der Waals surface area (Å²) in [5.41, 5.74) is 0. The number of carbonyl (C=O) groups is 3. The number of hydrogen-bond acceptors (Lipinski definition) is 3. The summed E-state index contributed by atoms with van der Waals surface area (Å²) in [7, 11) is 3.20. The predicted molar refractivity (Wildman–Crippen MR) is 73.2 cm³/mol. The van der Waals surface area contributed by atoms with Gasteiger partial charge in [-0.25, -0.2) is 9.59 Å². The third-order valence-electron chi connectivity index (χ3n) is 3.72. The molecule has 1 fully saturated rings. The van der Waals surface area contributed by atoms with Crippen molar-refractivity contribution in [3.63, 3.8) is 0 Å². The monoisotopic (exact) mass is 285 g/mol. The van der Waals surface area contributed by atoms with Gasteiger partial charge in [-0.15, -0.1) is 0 Å². The zero-order valence-electron chi connectivity index (χ0n) is 12.3. The minimum atomic E-state index is -0.989. The van der Waals surface area contributed by atoms with Crippen LogP contribution in [0.2, 0.25) is 0 Å². The van der Waals surface area contributed by atoms with Crippen LogP contribution in [0.15, 0.2) is 0 Å². The van der Waals surface area contributed by atoms with E-state index in [4.69, 9.17) is 0 Å². The van der Waals surface area contributed by atoms with E-state index in [9.17, 15) is 19.5 Å². The molecule has 0 aromatic carbocycles. The Bertz CT molecular complexity index is 384. The molecule has 1 saturated heterocycles. The third kappa shape index (κ3) is 4.11. The molecule has 20 heavy (non-hydrogen) atoms. The fourth-order valence-electron chi connectivity index (χ4n) is 2.30. The molecule has 3 amide bonds. The van der Waals surface area contributed by atoms with Crippen molar-refractivity contribution in [1.82, 2.24) is 15.1 Å². The Kier molecular flexibility index (Phi) is 5.79. The number of carbonyl (C=O) groups excluding carboxylic acids is 2. The van der Waals surface area contributed by atoms with E-state index in [1.54, 1.807) is 14.1 Å². The highest BCUT2D eigenvalue weighted by Gasteiger charge is 2.35. The van der Waals surface area contributed by atoms with Crippen LogP contribution < -0.4 is 5.32 Å². The van der Waals surface area contributed by atoms with Gasteiger partial charge in [-0.2, -0.15) is 0 Å². The Morgan fingerprint density at radius 1 is 1.35 bits per heavy atom. The first-order chi connectivity index (χ1) is 9.36. The lowest BCUT2D eigenvalue weighted by Crippen LogP contribution is -2.54. The molecule has 0 aliphatic carbocycles. The fraction of sp³-hybridized carbons (Fsp3) is 0.769. The molecule has 1 rings (SSSR count). The second-order valence-electron chi connectivity index (χ2n) is 5.29. The standard InChI is InChI=1S/C13H23N3O4/c1-4-9-5-6-16(10(7-9)12(18)19)13(20)14-8-11(17)15(2)3/h9-10H,4-8H2,1-3H3,(H,14,20)(H,18,19). The number of hydrogen-bond donors (Lipinski definition) is 2. The van der Waals surface area contributed by atoms with Gasteiger partial charge in [0, 0.05) is 20.6 Å². The number of carboxylic acid groups (broad SMARTS) is 1. The van der Waals surface area contributed by atoms with Crippen molar-refractivity contribution in [2.75, 3.05) is 27.2 Å². The van der Waals surface area contributed by atoms with E-state index in [2.05, 4.69) is 5.32 Å². The van der Waals surface area contributed by atoms with Crippen molar-refractivity contribution in [3.05, 3.63) is 0 Å². The molecular formula is C13H23N3O4. The number of rotatable bonds is 4. The molecule has 0 aromatic rings. The number of amides is 3. The second-order valence-corrected chi connectivity index (χ2v) is 5.29. The Hall–Kier alpha value is -1.79. The highest BCUT2D eigenvalue weighted by atomic mass is 16.4. The summed E-state index contributed by atoms with van der Waals surface area (Å²) in [5.74, 6) is -0.880. The van der Waals surface area contributed by atoms with Crippen molar-refractivity contribution < 1.29 is 19.5 Å². The lowest BCUT2D eigenvalue weighted by Gasteiger charge is -2.36. The van der Waals surface area contributed by atoms with Crippen molar-refractivity contribution in [2.45, 2.75) is 32.2 Å². The molecular weight excluding hydrogens is 262 g/mol. The molecule has 1 aliphatic rings. The summed E-state index contributed by atoms with van der Waals surface area (Å²) < 4.78 is 0. The molecule has 2 atom stereocenters. The average Bonchev–Trinajstić information content (AvgIpc) is 2.43. The number of piperidine rings is 1. The molecule has 0 radical (unpaired) electrons. The van der Waals surface area contributed by atoms with Crippen molar-refractivity contribution in [3.8, 4) is 0 Å². The second kappa shape index (κ2) is 7.12. The molecule has 2 N–H and O–H groups in total. The maximum Gasteiger partial charge on any atom is 0.326 e. The van der Waals surface area contributed by atoms with E-state index >= 15 is 0 Å². The highest BCUT2D eigenvalue weighted by molar-refractivity contribution is 5.86. The van der Waals surface area contributed by atoms with E-state index in [1.165, 1.54) is 9.80 Å². The predicted octanol–water partition coefficient (Wildman–Crippen LogP) is 0.359. The van der Waals surface area contributed by atoms with Gasteiger partial charge in [-0.3, -0.25) is 4.79 Å². The van der Waals surface area contributed by atoms with Gasteiger partial charge in [0.1, 0.15) is 6.04 Å². The first kappa shape index (κ1) is 16.3. The first-order valence-electron chi connectivity index (χ1n) is 6.84. The smallest absolute Gasteiger partial charge is 0.326 e. The maximum atomic E-state index is 12.0. The Labute approximate surface area is 118 Å². The molecule has 1 heterocycles. The van der Waals surface area contributed by atoms with Crippen LogP contribution in [0.25, 0.3) is 0 Å². The molecule has 0 spiro atoms. The van der Waals surface area contributed by atoms with Crippen LogP contribution in [-0.2, 0) is 9.59 Å². The largest absolute Gasteiger partial charge is 0.480 e. The molecule has 0 bridgehead atoms. The molecule has 114 valence electrons. The zero-order valence-corrected chi connectivity index (χ0v) is 12.3. The molecule has 1 aliphatic heterocycles. The van der Waals surface area contributed by atoms with Gasteiger partial charge < -0.3 is 20.2 Å². The summed E-state index contributed by atoms with van der Waals surface area (Å²) in [6, 6.07) is -1.29. The number of likely N-dealkylation sites (tertiary alicyclic amines) is 1. The third-order valence-corrected chi connectivity index (χ3v) is 3.72.